The molecule has 3 heteroatoms. The molecule has 1 aromatic carbocycles. The smallest absolute Gasteiger partial charge is 0.120 e. The fourth-order valence-electron chi connectivity index (χ4n) is 1.65. The molecule has 1 rings (SSSR count). The van der Waals surface area contributed by atoms with Crippen LogP contribution in [0.1, 0.15) is 24.3 Å². The van der Waals surface area contributed by atoms with Crippen molar-refractivity contribution >= 4 is 18.3 Å². The minimum absolute atomic E-state index is 0.0196. The maximum absolute atomic E-state index is 10.5. The van der Waals surface area contributed by atoms with Gasteiger partial charge in [0.2, 0.25) is 0 Å². The minimum Gasteiger partial charge on any atom is -0.378 e. The van der Waals surface area contributed by atoms with E-state index in [9.17, 15) is 9.59 Å². The first kappa shape index (κ1) is 12.4. The molecule has 86 valence electrons. The van der Waals surface area contributed by atoms with Gasteiger partial charge in [0, 0.05) is 32.6 Å². The third kappa shape index (κ3) is 3.19. The van der Waals surface area contributed by atoms with E-state index in [0.29, 0.717) is 12.8 Å². The summed E-state index contributed by atoms with van der Waals surface area (Å²) in [5.74, 6) is 0.0196. The summed E-state index contributed by atoms with van der Waals surface area (Å²) in [5, 5.41) is 0. The van der Waals surface area contributed by atoms with Gasteiger partial charge in [-0.25, -0.2) is 0 Å². The largest absolute Gasteiger partial charge is 0.378 e. The number of carbonyl (C=O) groups excluding carboxylic acids is 2. The van der Waals surface area contributed by atoms with E-state index in [-0.39, 0.29) is 5.92 Å². The van der Waals surface area contributed by atoms with Crippen molar-refractivity contribution in [3.8, 4) is 0 Å². The van der Waals surface area contributed by atoms with Gasteiger partial charge in [-0.15, -0.1) is 0 Å². The lowest BCUT2D eigenvalue weighted by atomic mass is 9.93. The first-order valence-electron chi connectivity index (χ1n) is 5.33. The van der Waals surface area contributed by atoms with E-state index in [1.165, 1.54) is 0 Å². The van der Waals surface area contributed by atoms with Gasteiger partial charge in [-0.3, -0.25) is 0 Å². The van der Waals surface area contributed by atoms with Crippen molar-refractivity contribution in [2.75, 3.05) is 19.0 Å². The molecule has 0 fully saturated rings. The fourth-order valence-corrected chi connectivity index (χ4v) is 1.65. The summed E-state index contributed by atoms with van der Waals surface area (Å²) in [6, 6.07) is 7.95. The van der Waals surface area contributed by atoms with Crippen LogP contribution in [0.5, 0.6) is 0 Å². The Morgan fingerprint density at radius 3 is 1.94 bits per heavy atom. The van der Waals surface area contributed by atoms with Gasteiger partial charge in [0.1, 0.15) is 12.6 Å². The van der Waals surface area contributed by atoms with Crippen LogP contribution in [0.4, 0.5) is 5.69 Å². The molecule has 0 radical (unpaired) electrons. The molecular weight excluding hydrogens is 202 g/mol. The third-order valence-electron chi connectivity index (χ3n) is 2.64. The molecule has 0 atom stereocenters. The Labute approximate surface area is 96.1 Å². The molecule has 0 spiro atoms. The Bertz CT molecular complexity index is 333. The monoisotopic (exact) mass is 219 g/mol. The van der Waals surface area contributed by atoms with Crippen molar-refractivity contribution in [1.29, 1.82) is 0 Å². The standard InChI is InChI=1S/C13H17NO2/c1-14(2)13-5-3-11(4-6-13)12(7-9-15)8-10-16/h3-6,9-10,12H,7-8H2,1-2H3. The summed E-state index contributed by atoms with van der Waals surface area (Å²) < 4.78 is 0. The van der Waals surface area contributed by atoms with Gasteiger partial charge in [-0.2, -0.15) is 0 Å². The molecule has 3 nitrogen and oxygen atoms in total. The van der Waals surface area contributed by atoms with Gasteiger partial charge in [0.25, 0.3) is 0 Å². The number of nitrogens with zero attached hydrogens (tertiary/aromatic N) is 1. The predicted molar refractivity (Wildman–Crippen MR) is 64.9 cm³/mol. The zero-order valence-corrected chi connectivity index (χ0v) is 9.72. The second-order valence-electron chi connectivity index (χ2n) is 3.99. The van der Waals surface area contributed by atoms with E-state index < -0.39 is 0 Å². The van der Waals surface area contributed by atoms with E-state index in [0.717, 1.165) is 23.8 Å². The average molecular weight is 219 g/mol. The lowest BCUT2D eigenvalue weighted by Gasteiger charge is -2.15. The fraction of sp³-hybridized carbons (Fsp3) is 0.385. The highest BCUT2D eigenvalue weighted by molar-refractivity contribution is 5.58. The van der Waals surface area contributed by atoms with Crippen LogP contribution in [0.2, 0.25) is 0 Å². The normalized spacial score (nSPS) is 10.2. The summed E-state index contributed by atoms with van der Waals surface area (Å²) in [6.07, 6.45) is 2.54. The lowest BCUT2D eigenvalue weighted by Crippen LogP contribution is -2.08. The second-order valence-corrected chi connectivity index (χ2v) is 3.99. The van der Waals surface area contributed by atoms with Crippen LogP contribution in [0.3, 0.4) is 0 Å². The zero-order valence-electron chi connectivity index (χ0n) is 9.72. The Balaban J connectivity index is 2.84. The Morgan fingerprint density at radius 1 is 1.06 bits per heavy atom. The number of benzene rings is 1. The van der Waals surface area contributed by atoms with Gasteiger partial charge in [0.15, 0.2) is 0 Å². The molecule has 1 aromatic rings. The highest BCUT2D eigenvalue weighted by atomic mass is 16.1. The molecule has 0 aliphatic heterocycles. The quantitative estimate of drug-likeness (QED) is 0.687. The van der Waals surface area contributed by atoms with Crippen molar-refractivity contribution < 1.29 is 9.59 Å². The molecule has 0 amide bonds. The van der Waals surface area contributed by atoms with Crippen LogP contribution >= 0.6 is 0 Å². The number of hydrogen-bond acceptors (Lipinski definition) is 3. The number of hydrogen-bond donors (Lipinski definition) is 0. The maximum atomic E-state index is 10.5. The number of anilines is 1. The van der Waals surface area contributed by atoms with Crippen molar-refractivity contribution in [3.63, 3.8) is 0 Å². The van der Waals surface area contributed by atoms with Gasteiger partial charge in [-0.1, -0.05) is 12.1 Å². The van der Waals surface area contributed by atoms with Gasteiger partial charge >= 0.3 is 0 Å². The summed E-state index contributed by atoms with van der Waals surface area (Å²) in [5.41, 5.74) is 2.16. The van der Waals surface area contributed by atoms with Crippen molar-refractivity contribution in [1.82, 2.24) is 0 Å². The number of rotatable bonds is 6. The highest BCUT2D eigenvalue weighted by Gasteiger charge is 2.10. The summed E-state index contributed by atoms with van der Waals surface area (Å²) in [7, 11) is 3.95. The van der Waals surface area contributed by atoms with Crippen molar-refractivity contribution in [2.45, 2.75) is 18.8 Å². The molecule has 0 aliphatic rings. The lowest BCUT2D eigenvalue weighted by molar-refractivity contribution is -0.109. The van der Waals surface area contributed by atoms with E-state index in [4.69, 9.17) is 0 Å². The van der Waals surface area contributed by atoms with Crippen LogP contribution in [-0.4, -0.2) is 26.7 Å². The molecule has 0 aromatic heterocycles. The van der Waals surface area contributed by atoms with Gasteiger partial charge < -0.3 is 14.5 Å². The van der Waals surface area contributed by atoms with Gasteiger partial charge in [0.05, 0.1) is 0 Å². The molecule has 0 aliphatic carbocycles. The molecule has 0 saturated carbocycles. The van der Waals surface area contributed by atoms with Crippen molar-refractivity contribution in [2.24, 2.45) is 0 Å². The number of carbonyl (C=O) groups is 2. The van der Waals surface area contributed by atoms with Crippen LogP contribution in [0, 0.1) is 0 Å². The van der Waals surface area contributed by atoms with Gasteiger partial charge in [-0.05, 0) is 23.6 Å². The van der Waals surface area contributed by atoms with E-state index in [2.05, 4.69) is 0 Å². The Morgan fingerprint density at radius 2 is 1.56 bits per heavy atom. The van der Waals surface area contributed by atoms with E-state index in [1.807, 2.05) is 43.3 Å². The summed E-state index contributed by atoms with van der Waals surface area (Å²) in [4.78, 5) is 23.0. The first-order chi connectivity index (χ1) is 7.69. The second kappa shape index (κ2) is 6.05. The third-order valence-corrected chi connectivity index (χ3v) is 2.64. The van der Waals surface area contributed by atoms with E-state index in [1.54, 1.807) is 0 Å². The molecule has 16 heavy (non-hydrogen) atoms. The summed E-state index contributed by atoms with van der Waals surface area (Å²) in [6.45, 7) is 0. The Kier molecular flexibility index (Phi) is 4.70. The minimum atomic E-state index is 0.0196. The molecule has 0 saturated heterocycles. The maximum Gasteiger partial charge on any atom is 0.120 e. The molecular formula is C13H17NO2. The van der Waals surface area contributed by atoms with Crippen LogP contribution < -0.4 is 4.90 Å². The topological polar surface area (TPSA) is 37.4 Å². The van der Waals surface area contributed by atoms with Crippen LogP contribution in [0.25, 0.3) is 0 Å². The molecule has 0 bridgehead atoms. The molecule has 0 heterocycles. The predicted octanol–water partition coefficient (Wildman–Crippen LogP) is 2.01. The summed E-state index contributed by atoms with van der Waals surface area (Å²) >= 11 is 0. The SMILES string of the molecule is CN(C)c1ccc(C(CC=O)CC=O)cc1. The Hall–Kier alpha value is -1.64. The zero-order chi connectivity index (χ0) is 12.0. The van der Waals surface area contributed by atoms with Crippen LogP contribution in [-0.2, 0) is 9.59 Å². The highest BCUT2D eigenvalue weighted by Crippen LogP contribution is 2.23. The molecule has 0 N–H and O–H groups in total. The average Bonchev–Trinajstić information content (AvgIpc) is 2.29. The first-order valence-corrected chi connectivity index (χ1v) is 5.33. The molecule has 0 unspecified atom stereocenters. The van der Waals surface area contributed by atoms with Crippen LogP contribution in [0.15, 0.2) is 24.3 Å². The number of aldehydes is 2. The van der Waals surface area contributed by atoms with E-state index >= 15 is 0 Å². The van der Waals surface area contributed by atoms with Crippen molar-refractivity contribution in [3.05, 3.63) is 29.8 Å².